The van der Waals surface area contributed by atoms with Crippen molar-refractivity contribution in [2.45, 2.75) is 19.3 Å². The van der Waals surface area contributed by atoms with Gasteiger partial charge >= 0.3 is 5.97 Å². The summed E-state index contributed by atoms with van der Waals surface area (Å²) in [6.45, 7) is 0.543. The summed E-state index contributed by atoms with van der Waals surface area (Å²) in [4.78, 5) is 21.5. The number of nitrogens with one attached hydrogen (secondary N) is 1. The number of carboxylic acid groups (broad SMARTS) is 1. The van der Waals surface area contributed by atoms with Gasteiger partial charge in [-0.1, -0.05) is 11.3 Å². The largest absolute Gasteiger partial charge is 0.481 e. The van der Waals surface area contributed by atoms with Gasteiger partial charge in [0, 0.05) is 20.0 Å². The fourth-order valence-electron chi connectivity index (χ4n) is 0.997. The average Bonchev–Trinajstić information content (AvgIpc) is 2.71. The minimum atomic E-state index is -1.00. The molecule has 1 amide bonds. The summed E-state index contributed by atoms with van der Waals surface area (Å²) < 4.78 is 4.89. The van der Waals surface area contributed by atoms with Crippen LogP contribution in [0.5, 0.6) is 0 Å². The highest BCUT2D eigenvalue weighted by atomic mass is 32.1. The van der Waals surface area contributed by atoms with Gasteiger partial charge in [-0.3, -0.25) is 9.59 Å². The van der Waals surface area contributed by atoms with Gasteiger partial charge in [0.25, 0.3) is 0 Å². The second kappa shape index (κ2) is 6.92. The number of nitrogens with zero attached hydrogens (tertiary/aromatic N) is 2. The van der Waals surface area contributed by atoms with Crippen molar-refractivity contribution in [3.63, 3.8) is 0 Å². The maximum atomic E-state index is 11.3. The predicted octanol–water partition coefficient (Wildman–Crippen LogP) is 0.530. The molecule has 7 nitrogen and oxygen atoms in total. The van der Waals surface area contributed by atoms with Crippen LogP contribution in [-0.4, -0.2) is 40.9 Å². The molecule has 94 valence electrons. The first kappa shape index (κ1) is 13.5. The molecule has 0 unspecified atom stereocenters. The van der Waals surface area contributed by atoms with Gasteiger partial charge in [0.1, 0.15) is 5.01 Å². The normalized spacial score (nSPS) is 10.2. The molecule has 0 bridgehead atoms. The molecule has 1 heterocycles. The number of aromatic nitrogens is 2. The molecule has 2 N–H and O–H groups in total. The number of ether oxygens (including phenoxy) is 1. The number of carboxylic acids is 1. The predicted molar refractivity (Wildman–Crippen MR) is 61.0 cm³/mol. The van der Waals surface area contributed by atoms with Gasteiger partial charge in [-0.15, -0.1) is 10.2 Å². The average molecular weight is 259 g/mol. The number of methoxy groups -OCH3 is 1. The minimum Gasteiger partial charge on any atom is -0.481 e. The van der Waals surface area contributed by atoms with E-state index < -0.39 is 5.97 Å². The first-order valence-corrected chi connectivity index (χ1v) is 5.76. The van der Waals surface area contributed by atoms with Crippen LogP contribution in [0.15, 0.2) is 0 Å². The number of hydrogen-bond acceptors (Lipinski definition) is 6. The van der Waals surface area contributed by atoms with E-state index in [1.165, 1.54) is 11.3 Å². The summed E-state index contributed by atoms with van der Waals surface area (Å²) in [5.41, 5.74) is 0. The van der Waals surface area contributed by atoms with Crippen LogP contribution >= 0.6 is 11.3 Å². The van der Waals surface area contributed by atoms with E-state index in [0.29, 0.717) is 18.2 Å². The molecule has 0 fully saturated rings. The maximum absolute atomic E-state index is 11.3. The Morgan fingerprint density at radius 1 is 1.41 bits per heavy atom. The van der Waals surface area contributed by atoms with E-state index >= 15 is 0 Å². The molecule has 0 radical (unpaired) electrons. The van der Waals surface area contributed by atoms with Crippen molar-refractivity contribution in [3.05, 3.63) is 5.01 Å². The Labute approximate surface area is 102 Å². The summed E-state index contributed by atoms with van der Waals surface area (Å²) in [6.07, 6.45) is 0.378. The third-order valence-electron chi connectivity index (χ3n) is 1.80. The molecule has 8 heteroatoms. The van der Waals surface area contributed by atoms with Crippen molar-refractivity contribution in [3.8, 4) is 0 Å². The van der Waals surface area contributed by atoms with E-state index in [-0.39, 0.29) is 18.7 Å². The van der Waals surface area contributed by atoms with Crippen LogP contribution in [0.1, 0.15) is 17.8 Å². The van der Waals surface area contributed by atoms with Gasteiger partial charge in [-0.05, 0) is 0 Å². The summed E-state index contributed by atoms with van der Waals surface area (Å²) in [5, 5.41) is 19.7. The molecule has 0 aromatic carbocycles. The van der Waals surface area contributed by atoms with E-state index in [9.17, 15) is 9.59 Å². The van der Waals surface area contributed by atoms with Gasteiger partial charge in [-0.2, -0.15) is 0 Å². The standard InChI is InChI=1S/C9H13N3O4S/c1-16-5-4-7-11-12-9(17-7)10-6(13)2-3-8(14)15/h2-5H2,1H3,(H,14,15)(H,10,12,13). The van der Waals surface area contributed by atoms with Gasteiger partial charge in [0.2, 0.25) is 11.0 Å². The van der Waals surface area contributed by atoms with E-state index in [2.05, 4.69) is 15.5 Å². The van der Waals surface area contributed by atoms with Gasteiger partial charge in [0.15, 0.2) is 0 Å². The quantitative estimate of drug-likeness (QED) is 0.740. The smallest absolute Gasteiger partial charge is 0.303 e. The SMILES string of the molecule is COCCc1nnc(NC(=O)CCC(=O)O)s1. The number of carbonyl (C=O) groups is 2. The Morgan fingerprint density at radius 3 is 2.82 bits per heavy atom. The summed E-state index contributed by atoms with van der Waals surface area (Å²) in [5.74, 6) is -1.37. The van der Waals surface area contributed by atoms with Crippen LogP contribution < -0.4 is 5.32 Å². The van der Waals surface area contributed by atoms with Crippen LogP contribution in [0.4, 0.5) is 5.13 Å². The Kier molecular flexibility index (Phi) is 5.50. The molecule has 0 saturated carbocycles. The van der Waals surface area contributed by atoms with Crippen molar-refractivity contribution in [2.24, 2.45) is 0 Å². The molecular formula is C9H13N3O4S. The Hall–Kier alpha value is -1.54. The first-order valence-electron chi connectivity index (χ1n) is 4.94. The number of amides is 1. The molecular weight excluding hydrogens is 246 g/mol. The van der Waals surface area contributed by atoms with Crippen molar-refractivity contribution in [1.82, 2.24) is 10.2 Å². The van der Waals surface area contributed by atoms with Crippen LogP contribution in [0, 0.1) is 0 Å². The fraction of sp³-hybridized carbons (Fsp3) is 0.556. The van der Waals surface area contributed by atoms with Crippen molar-refractivity contribution < 1.29 is 19.4 Å². The number of carbonyl (C=O) groups excluding carboxylic acids is 1. The van der Waals surface area contributed by atoms with Gasteiger partial charge < -0.3 is 15.2 Å². The topological polar surface area (TPSA) is 101 Å². The molecule has 17 heavy (non-hydrogen) atoms. The van der Waals surface area contributed by atoms with E-state index in [0.717, 1.165) is 5.01 Å². The Balaban J connectivity index is 2.37. The molecule has 0 spiro atoms. The number of anilines is 1. The third-order valence-corrected chi connectivity index (χ3v) is 2.70. The second-order valence-electron chi connectivity index (χ2n) is 3.19. The molecule has 0 aliphatic heterocycles. The Morgan fingerprint density at radius 2 is 2.18 bits per heavy atom. The molecule has 1 aromatic rings. The summed E-state index contributed by atoms with van der Waals surface area (Å²) in [6, 6.07) is 0. The number of aliphatic carboxylic acids is 1. The Bertz CT molecular complexity index is 393. The first-order chi connectivity index (χ1) is 8.11. The number of rotatable bonds is 7. The van der Waals surface area contributed by atoms with Crippen molar-refractivity contribution in [1.29, 1.82) is 0 Å². The minimum absolute atomic E-state index is 0.0671. The van der Waals surface area contributed by atoms with Crippen LogP contribution in [0.3, 0.4) is 0 Å². The fourth-order valence-corrected chi connectivity index (χ4v) is 1.73. The maximum Gasteiger partial charge on any atom is 0.303 e. The highest BCUT2D eigenvalue weighted by molar-refractivity contribution is 7.15. The molecule has 0 aliphatic rings. The zero-order chi connectivity index (χ0) is 12.7. The highest BCUT2D eigenvalue weighted by Gasteiger charge is 2.09. The van der Waals surface area contributed by atoms with E-state index in [4.69, 9.17) is 9.84 Å². The monoisotopic (exact) mass is 259 g/mol. The van der Waals surface area contributed by atoms with Gasteiger partial charge in [-0.25, -0.2) is 0 Å². The number of hydrogen-bond donors (Lipinski definition) is 2. The lowest BCUT2D eigenvalue weighted by Crippen LogP contribution is -2.12. The van der Waals surface area contributed by atoms with E-state index in [1.54, 1.807) is 7.11 Å². The molecule has 0 atom stereocenters. The summed E-state index contributed by atoms with van der Waals surface area (Å²) in [7, 11) is 1.59. The lowest BCUT2D eigenvalue weighted by Gasteiger charge is -1.97. The molecule has 1 aromatic heterocycles. The van der Waals surface area contributed by atoms with E-state index in [1.807, 2.05) is 0 Å². The molecule has 1 rings (SSSR count). The summed E-state index contributed by atoms with van der Waals surface area (Å²) >= 11 is 1.25. The van der Waals surface area contributed by atoms with Crippen LogP contribution in [0.25, 0.3) is 0 Å². The van der Waals surface area contributed by atoms with Crippen molar-refractivity contribution in [2.75, 3.05) is 19.0 Å². The van der Waals surface area contributed by atoms with Crippen molar-refractivity contribution >= 4 is 28.3 Å². The molecule has 0 saturated heterocycles. The lowest BCUT2D eigenvalue weighted by atomic mass is 10.3. The third kappa shape index (κ3) is 5.36. The van der Waals surface area contributed by atoms with Crippen LogP contribution in [0.2, 0.25) is 0 Å². The second-order valence-corrected chi connectivity index (χ2v) is 4.25. The lowest BCUT2D eigenvalue weighted by molar-refractivity contribution is -0.138. The highest BCUT2D eigenvalue weighted by Crippen LogP contribution is 2.15. The zero-order valence-electron chi connectivity index (χ0n) is 9.30. The zero-order valence-corrected chi connectivity index (χ0v) is 10.1. The molecule has 0 aliphatic carbocycles. The van der Waals surface area contributed by atoms with Gasteiger partial charge in [0.05, 0.1) is 13.0 Å². The van der Waals surface area contributed by atoms with Crippen LogP contribution in [-0.2, 0) is 20.7 Å².